The fraction of sp³-hybridized carbons (Fsp3) is 0.586. The van der Waals surface area contributed by atoms with E-state index in [2.05, 4.69) is 41.4 Å². The van der Waals surface area contributed by atoms with Crippen LogP contribution in [0, 0.1) is 11.3 Å². The van der Waals surface area contributed by atoms with E-state index in [0.717, 1.165) is 35.7 Å². The first kappa shape index (κ1) is 23.0. The molecule has 1 saturated carbocycles. The smallest absolute Gasteiger partial charge is 0.171 e. The van der Waals surface area contributed by atoms with E-state index in [9.17, 15) is 10.2 Å². The van der Waals surface area contributed by atoms with Gasteiger partial charge in [-0.25, -0.2) is 4.39 Å². The highest BCUT2D eigenvalue weighted by Gasteiger charge is 2.76. The molecule has 8 atom stereocenters. The van der Waals surface area contributed by atoms with E-state index in [1.807, 2.05) is 31.1 Å². The number of halogens is 1. The van der Waals surface area contributed by atoms with Crippen LogP contribution in [0.2, 0.25) is 0 Å². The average Bonchev–Trinajstić information content (AvgIpc) is 3.40. The van der Waals surface area contributed by atoms with Crippen LogP contribution >= 0.6 is 0 Å². The Morgan fingerprint density at radius 3 is 2.78 bits per heavy atom. The van der Waals surface area contributed by atoms with Gasteiger partial charge in [0.1, 0.15) is 11.7 Å². The van der Waals surface area contributed by atoms with Crippen molar-refractivity contribution in [3.05, 3.63) is 53.8 Å². The van der Waals surface area contributed by atoms with Crippen molar-refractivity contribution in [2.24, 2.45) is 11.3 Å². The highest BCUT2D eigenvalue weighted by Crippen LogP contribution is 2.70. The molecule has 3 aliphatic carbocycles. The van der Waals surface area contributed by atoms with Crippen molar-refractivity contribution in [1.29, 1.82) is 0 Å². The van der Waals surface area contributed by atoms with E-state index in [4.69, 9.17) is 4.74 Å². The van der Waals surface area contributed by atoms with Crippen molar-refractivity contribution in [2.45, 2.75) is 80.6 Å². The number of ether oxygens (including phenoxy) is 1. The molecule has 2 bridgehead atoms. The number of alkyl halides is 1. The van der Waals surface area contributed by atoms with Crippen LogP contribution in [-0.4, -0.2) is 74.5 Å². The fourth-order valence-corrected chi connectivity index (χ4v) is 8.59. The van der Waals surface area contributed by atoms with Crippen molar-refractivity contribution >= 4 is 16.5 Å². The Hall–Kier alpha value is -2.19. The Morgan fingerprint density at radius 2 is 1.97 bits per heavy atom. The van der Waals surface area contributed by atoms with Gasteiger partial charge in [0.15, 0.2) is 5.67 Å². The van der Waals surface area contributed by atoms with E-state index in [-0.39, 0.29) is 23.8 Å². The summed E-state index contributed by atoms with van der Waals surface area (Å²) in [6.45, 7) is 2.33. The Morgan fingerprint density at radius 1 is 1.14 bits per heavy atom. The molecular formula is C29H34FN3O3. The number of nitrogens with zero attached hydrogens (tertiary/aromatic N) is 3. The summed E-state index contributed by atoms with van der Waals surface area (Å²) >= 11 is 0. The summed E-state index contributed by atoms with van der Waals surface area (Å²) in [6, 6.07) is 8.02. The monoisotopic (exact) mass is 491 g/mol. The van der Waals surface area contributed by atoms with Gasteiger partial charge in [0.25, 0.3) is 0 Å². The summed E-state index contributed by atoms with van der Waals surface area (Å²) in [5.74, 6) is 0.206. The summed E-state index contributed by atoms with van der Waals surface area (Å²) in [5, 5.41) is 31.2. The van der Waals surface area contributed by atoms with Crippen molar-refractivity contribution in [3.63, 3.8) is 0 Å². The summed E-state index contributed by atoms with van der Waals surface area (Å²) in [7, 11) is 3.75. The second-order valence-electron chi connectivity index (χ2n) is 12.3. The minimum Gasteiger partial charge on any atom is -0.389 e. The summed E-state index contributed by atoms with van der Waals surface area (Å²) in [4.78, 5) is 1.90. The molecule has 2 N–H and O–H groups in total. The largest absolute Gasteiger partial charge is 0.389 e. The fourth-order valence-electron chi connectivity index (χ4n) is 8.59. The third kappa shape index (κ3) is 2.65. The molecule has 0 radical (unpaired) electrons. The lowest BCUT2D eigenvalue weighted by Gasteiger charge is -2.61. The average molecular weight is 492 g/mol. The molecule has 36 heavy (non-hydrogen) atoms. The van der Waals surface area contributed by atoms with Gasteiger partial charge in [-0.3, -0.25) is 0 Å². The molecule has 6 nitrogen and oxygen atoms in total. The molecule has 7 rings (SSSR count). The SMILES string of the molecule is CN(C)[C@H]1C[C@@]23CC[C@@]4(O2)C(=CC[C@]2(C)C(c5ccc6nnccc6c5)=CCC24)CC3(F)[C@@H](O)[C@@H]1O. The zero-order chi connectivity index (χ0) is 25.1. The van der Waals surface area contributed by atoms with Gasteiger partial charge in [0.05, 0.1) is 23.4 Å². The maximum absolute atomic E-state index is 16.9. The molecule has 3 heterocycles. The number of aliphatic hydroxyl groups excluding tert-OH is 2. The first-order chi connectivity index (χ1) is 17.1. The zero-order valence-electron chi connectivity index (χ0n) is 21.1. The van der Waals surface area contributed by atoms with Crippen LogP contribution in [0.1, 0.15) is 51.0 Å². The summed E-state index contributed by atoms with van der Waals surface area (Å²) in [5.41, 5.74) is 0.664. The molecular weight excluding hydrogens is 457 g/mol. The lowest BCUT2D eigenvalue weighted by Crippen LogP contribution is -2.73. The molecule has 7 heteroatoms. The Bertz CT molecular complexity index is 1330. The number of hydrogen-bond acceptors (Lipinski definition) is 6. The molecule has 190 valence electrons. The highest BCUT2D eigenvalue weighted by atomic mass is 19.1. The lowest BCUT2D eigenvalue weighted by molar-refractivity contribution is -0.282. The number of fused-ring (bicyclic) bond motifs is 2. The second-order valence-corrected chi connectivity index (χ2v) is 12.3. The number of benzene rings is 1. The Labute approximate surface area is 210 Å². The van der Waals surface area contributed by atoms with Crippen LogP contribution in [0.25, 0.3) is 16.5 Å². The molecule has 5 aliphatic rings. The molecule has 1 aromatic carbocycles. The van der Waals surface area contributed by atoms with Crippen molar-refractivity contribution in [3.8, 4) is 0 Å². The number of likely N-dealkylation sites (N-methyl/N-ethyl adjacent to an activating group) is 1. The molecule has 2 spiro atoms. The molecule has 2 aromatic rings. The molecule has 2 aliphatic heterocycles. The first-order valence-electron chi connectivity index (χ1n) is 13.2. The maximum atomic E-state index is 16.9. The van der Waals surface area contributed by atoms with Crippen LogP contribution in [0.15, 0.2) is 48.2 Å². The maximum Gasteiger partial charge on any atom is 0.171 e. The number of rotatable bonds is 2. The van der Waals surface area contributed by atoms with Gasteiger partial charge in [-0.15, -0.1) is 0 Å². The Kier molecular flexibility index (Phi) is 4.61. The molecule has 2 unspecified atom stereocenters. The van der Waals surface area contributed by atoms with Crippen LogP contribution < -0.4 is 0 Å². The predicted octanol–water partition coefficient (Wildman–Crippen LogP) is 3.83. The van der Waals surface area contributed by atoms with Crippen LogP contribution in [0.4, 0.5) is 4.39 Å². The zero-order valence-corrected chi connectivity index (χ0v) is 21.1. The first-order valence-corrected chi connectivity index (χ1v) is 13.2. The minimum atomic E-state index is -1.98. The van der Waals surface area contributed by atoms with Crippen molar-refractivity contribution in [2.75, 3.05) is 14.1 Å². The van der Waals surface area contributed by atoms with Gasteiger partial charge in [-0.05, 0) is 81.1 Å². The molecule has 2 saturated heterocycles. The van der Waals surface area contributed by atoms with Crippen LogP contribution in [-0.2, 0) is 4.74 Å². The van der Waals surface area contributed by atoms with Crippen LogP contribution in [0.3, 0.4) is 0 Å². The van der Waals surface area contributed by atoms with Crippen molar-refractivity contribution < 1.29 is 19.3 Å². The third-order valence-corrected chi connectivity index (χ3v) is 10.5. The minimum absolute atomic E-state index is 0.132. The van der Waals surface area contributed by atoms with E-state index < -0.39 is 29.1 Å². The second kappa shape index (κ2) is 7.22. The van der Waals surface area contributed by atoms with Gasteiger partial charge >= 0.3 is 0 Å². The van der Waals surface area contributed by atoms with Gasteiger partial charge in [0.2, 0.25) is 0 Å². The van der Waals surface area contributed by atoms with E-state index in [0.29, 0.717) is 12.8 Å². The standard InChI is InChI=1S/C29H34FN3O3/c1-26-10-8-19-15-29(30)25(35)24(34)22(33(2)3)16-27(29)11-12-28(19,36-27)23(26)7-5-20(26)17-4-6-21-18(14-17)9-13-31-32-21/h4-6,8-9,13-14,22-25,34-35H,7,10-12,15-16H2,1-3H3/t22-,23?,24+,25-,26+,27+,28+,29?/m0/s1. The normalized spacial score (nSPS) is 45.2. The molecule has 1 aromatic heterocycles. The van der Waals surface area contributed by atoms with Gasteiger partial charge in [-0.1, -0.05) is 25.1 Å². The van der Waals surface area contributed by atoms with Crippen LogP contribution in [0.5, 0.6) is 0 Å². The predicted molar refractivity (Wildman–Crippen MR) is 135 cm³/mol. The Balaban J connectivity index is 1.29. The number of hydrogen-bond donors (Lipinski definition) is 2. The number of aromatic nitrogens is 2. The van der Waals surface area contributed by atoms with Gasteiger partial charge in [0, 0.05) is 29.2 Å². The van der Waals surface area contributed by atoms with E-state index >= 15 is 4.39 Å². The summed E-state index contributed by atoms with van der Waals surface area (Å²) < 4.78 is 23.9. The number of allylic oxidation sites excluding steroid dienone is 3. The van der Waals surface area contributed by atoms with Gasteiger partial charge < -0.3 is 19.8 Å². The molecule has 0 amide bonds. The van der Waals surface area contributed by atoms with E-state index in [1.54, 1.807) is 6.20 Å². The molecule has 3 fully saturated rings. The lowest BCUT2D eigenvalue weighted by atomic mass is 9.56. The summed E-state index contributed by atoms with van der Waals surface area (Å²) in [6.07, 6.45) is 7.19. The van der Waals surface area contributed by atoms with Crippen molar-refractivity contribution in [1.82, 2.24) is 15.1 Å². The highest BCUT2D eigenvalue weighted by molar-refractivity contribution is 5.85. The quantitative estimate of drug-likeness (QED) is 0.622. The topological polar surface area (TPSA) is 78.7 Å². The van der Waals surface area contributed by atoms with E-state index in [1.165, 1.54) is 11.1 Å². The van der Waals surface area contributed by atoms with Gasteiger partial charge in [-0.2, -0.15) is 10.2 Å². The number of aliphatic hydroxyl groups is 2. The third-order valence-electron chi connectivity index (χ3n) is 10.5.